The van der Waals surface area contributed by atoms with E-state index in [1.54, 1.807) is 0 Å². The van der Waals surface area contributed by atoms with Crippen LogP contribution >= 0.6 is 0 Å². The number of aromatic nitrogens is 1. The van der Waals surface area contributed by atoms with Crippen LogP contribution in [0.3, 0.4) is 0 Å². The van der Waals surface area contributed by atoms with Gasteiger partial charge in [-0.3, -0.25) is 9.78 Å². The van der Waals surface area contributed by atoms with Crippen molar-refractivity contribution in [3.63, 3.8) is 0 Å². The van der Waals surface area contributed by atoms with Gasteiger partial charge in [0.2, 0.25) is 0 Å². The average molecular weight is 247 g/mol. The number of halogens is 3. The zero-order valence-corrected chi connectivity index (χ0v) is 9.38. The second kappa shape index (κ2) is 4.35. The van der Waals surface area contributed by atoms with Gasteiger partial charge in [-0.05, 0) is 12.1 Å². The van der Waals surface area contributed by atoms with Crippen LogP contribution in [0.15, 0.2) is 18.3 Å². The molecule has 0 saturated carbocycles. The molecule has 0 unspecified atom stereocenters. The maximum Gasteiger partial charge on any atom is 0.418 e. The molecule has 0 aliphatic carbocycles. The van der Waals surface area contributed by atoms with Crippen LogP contribution in [0.1, 0.15) is 31.5 Å². The predicted molar refractivity (Wildman–Crippen MR) is 54.5 cm³/mol. The van der Waals surface area contributed by atoms with Crippen LogP contribution in [0.25, 0.3) is 0 Å². The molecule has 94 valence electrons. The van der Waals surface area contributed by atoms with E-state index in [1.165, 1.54) is 26.1 Å². The Morgan fingerprint density at radius 3 is 2.47 bits per heavy atom. The van der Waals surface area contributed by atoms with Gasteiger partial charge < -0.3 is 5.11 Å². The summed E-state index contributed by atoms with van der Waals surface area (Å²) in [5.74, 6) is -1.16. The largest absolute Gasteiger partial charge is 0.481 e. The Kier molecular flexibility index (Phi) is 3.45. The SMILES string of the molecule is CC(C)(CC(=O)O)c1ncccc1C(F)(F)F. The van der Waals surface area contributed by atoms with Crippen LogP contribution in [-0.4, -0.2) is 16.1 Å². The number of aliphatic carboxylic acids is 1. The summed E-state index contributed by atoms with van der Waals surface area (Å²) in [6.45, 7) is 2.86. The lowest BCUT2D eigenvalue weighted by atomic mass is 9.82. The highest BCUT2D eigenvalue weighted by molar-refractivity contribution is 5.68. The summed E-state index contributed by atoms with van der Waals surface area (Å²) < 4.78 is 38.2. The van der Waals surface area contributed by atoms with Crippen LogP contribution in [0, 0.1) is 0 Å². The van der Waals surface area contributed by atoms with Gasteiger partial charge >= 0.3 is 12.1 Å². The third-order valence-corrected chi connectivity index (χ3v) is 2.35. The summed E-state index contributed by atoms with van der Waals surface area (Å²) >= 11 is 0. The van der Waals surface area contributed by atoms with E-state index >= 15 is 0 Å². The van der Waals surface area contributed by atoms with Crippen molar-refractivity contribution in [3.8, 4) is 0 Å². The Hall–Kier alpha value is -1.59. The molecule has 0 amide bonds. The van der Waals surface area contributed by atoms with Crippen molar-refractivity contribution in [2.75, 3.05) is 0 Å². The van der Waals surface area contributed by atoms with Gasteiger partial charge in [0.1, 0.15) is 0 Å². The quantitative estimate of drug-likeness (QED) is 0.893. The first-order valence-electron chi connectivity index (χ1n) is 4.89. The maximum absolute atomic E-state index is 12.7. The third kappa shape index (κ3) is 3.18. The molecule has 6 heteroatoms. The molecule has 0 bridgehead atoms. The van der Waals surface area contributed by atoms with Crippen molar-refractivity contribution in [3.05, 3.63) is 29.6 Å². The number of alkyl halides is 3. The number of hydrogen-bond donors (Lipinski definition) is 1. The van der Waals surface area contributed by atoms with Crippen molar-refractivity contribution >= 4 is 5.97 Å². The fourth-order valence-electron chi connectivity index (χ4n) is 1.64. The monoisotopic (exact) mass is 247 g/mol. The first-order chi connectivity index (χ1) is 7.64. The summed E-state index contributed by atoms with van der Waals surface area (Å²) in [7, 11) is 0. The van der Waals surface area contributed by atoms with E-state index in [2.05, 4.69) is 4.98 Å². The number of carboxylic acids is 1. The van der Waals surface area contributed by atoms with Crippen molar-refractivity contribution in [1.82, 2.24) is 4.98 Å². The maximum atomic E-state index is 12.7. The summed E-state index contributed by atoms with van der Waals surface area (Å²) in [5, 5.41) is 8.70. The van der Waals surface area contributed by atoms with Gasteiger partial charge in [-0.25, -0.2) is 0 Å². The van der Waals surface area contributed by atoms with E-state index in [0.29, 0.717) is 0 Å². The zero-order valence-electron chi connectivity index (χ0n) is 9.38. The Bertz CT molecular complexity index is 427. The summed E-state index contributed by atoms with van der Waals surface area (Å²) in [6.07, 6.45) is -3.71. The Morgan fingerprint density at radius 1 is 1.41 bits per heavy atom. The smallest absolute Gasteiger partial charge is 0.418 e. The minimum absolute atomic E-state index is 0.241. The van der Waals surface area contributed by atoms with Gasteiger partial charge in [-0.1, -0.05) is 13.8 Å². The summed E-state index contributed by atoms with van der Waals surface area (Å²) in [5.41, 5.74) is -2.29. The molecule has 0 spiro atoms. The number of carbonyl (C=O) groups is 1. The first-order valence-corrected chi connectivity index (χ1v) is 4.89. The summed E-state index contributed by atoms with van der Waals surface area (Å²) in [4.78, 5) is 14.3. The van der Waals surface area contributed by atoms with E-state index in [0.717, 1.165) is 6.07 Å². The number of rotatable bonds is 3. The average Bonchev–Trinajstić information content (AvgIpc) is 2.14. The fraction of sp³-hybridized carbons (Fsp3) is 0.455. The molecule has 0 radical (unpaired) electrons. The molecule has 0 aliphatic rings. The van der Waals surface area contributed by atoms with E-state index in [1.807, 2.05) is 0 Å². The van der Waals surface area contributed by atoms with Gasteiger partial charge in [0.15, 0.2) is 0 Å². The van der Waals surface area contributed by atoms with Crippen molar-refractivity contribution in [2.45, 2.75) is 31.9 Å². The molecule has 0 fully saturated rings. The standard InChI is InChI=1S/C11H12F3NO2/c1-10(2,6-8(16)17)9-7(11(12,13)14)4-3-5-15-9/h3-5H,6H2,1-2H3,(H,16,17). The lowest BCUT2D eigenvalue weighted by Gasteiger charge is -2.25. The van der Waals surface area contributed by atoms with Crippen LogP contribution in [0.4, 0.5) is 13.2 Å². The lowest BCUT2D eigenvalue weighted by molar-refractivity contribution is -0.142. The number of carboxylic acid groups (broad SMARTS) is 1. The molecular weight excluding hydrogens is 235 g/mol. The molecule has 0 atom stereocenters. The highest BCUT2D eigenvalue weighted by Crippen LogP contribution is 2.37. The highest BCUT2D eigenvalue weighted by Gasteiger charge is 2.39. The van der Waals surface area contributed by atoms with Crippen LogP contribution < -0.4 is 0 Å². The van der Waals surface area contributed by atoms with Crippen LogP contribution in [0.5, 0.6) is 0 Å². The van der Waals surface area contributed by atoms with Gasteiger partial charge in [0, 0.05) is 11.6 Å². The molecule has 1 aromatic rings. The molecule has 1 rings (SSSR count). The molecule has 1 N–H and O–H groups in total. The topological polar surface area (TPSA) is 50.2 Å². The van der Waals surface area contributed by atoms with E-state index in [-0.39, 0.29) is 5.69 Å². The normalized spacial score (nSPS) is 12.5. The number of pyridine rings is 1. The molecule has 17 heavy (non-hydrogen) atoms. The minimum atomic E-state index is -4.53. The van der Waals surface area contributed by atoms with Crippen molar-refractivity contribution < 1.29 is 23.1 Å². The van der Waals surface area contributed by atoms with Gasteiger partial charge in [-0.15, -0.1) is 0 Å². The number of nitrogens with zero attached hydrogens (tertiary/aromatic N) is 1. The van der Waals surface area contributed by atoms with E-state index in [4.69, 9.17) is 5.11 Å². The Morgan fingerprint density at radius 2 is 2.00 bits per heavy atom. The molecular formula is C11H12F3NO2. The molecule has 1 aromatic heterocycles. The van der Waals surface area contributed by atoms with Crippen LogP contribution in [-0.2, 0) is 16.4 Å². The van der Waals surface area contributed by atoms with Crippen molar-refractivity contribution in [1.29, 1.82) is 0 Å². The third-order valence-electron chi connectivity index (χ3n) is 2.35. The van der Waals surface area contributed by atoms with Crippen LogP contribution in [0.2, 0.25) is 0 Å². The molecule has 1 heterocycles. The van der Waals surface area contributed by atoms with E-state index < -0.39 is 29.5 Å². The fourth-order valence-corrected chi connectivity index (χ4v) is 1.64. The minimum Gasteiger partial charge on any atom is -0.481 e. The second-order valence-corrected chi connectivity index (χ2v) is 4.35. The zero-order chi connectivity index (χ0) is 13.3. The van der Waals surface area contributed by atoms with E-state index in [9.17, 15) is 18.0 Å². The highest BCUT2D eigenvalue weighted by atomic mass is 19.4. The molecule has 3 nitrogen and oxygen atoms in total. The van der Waals surface area contributed by atoms with Crippen molar-refractivity contribution in [2.24, 2.45) is 0 Å². The van der Waals surface area contributed by atoms with Gasteiger partial charge in [-0.2, -0.15) is 13.2 Å². The molecule has 0 aromatic carbocycles. The van der Waals surface area contributed by atoms with Gasteiger partial charge in [0.25, 0.3) is 0 Å². The predicted octanol–water partition coefficient (Wildman–Crippen LogP) is 2.85. The Balaban J connectivity index is 3.26. The number of hydrogen-bond acceptors (Lipinski definition) is 2. The summed E-state index contributed by atoms with van der Waals surface area (Å²) in [6, 6.07) is 2.09. The molecule has 0 aliphatic heterocycles. The second-order valence-electron chi connectivity index (χ2n) is 4.35. The Labute approximate surface area is 96.3 Å². The first kappa shape index (κ1) is 13.5. The molecule has 0 saturated heterocycles. The van der Waals surface area contributed by atoms with Gasteiger partial charge in [0.05, 0.1) is 17.7 Å². The lowest BCUT2D eigenvalue weighted by Crippen LogP contribution is -2.27.